The summed E-state index contributed by atoms with van der Waals surface area (Å²) in [5.41, 5.74) is 3.42. The molecule has 1 aliphatic rings. The summed E-state index contributed by atoms with van der Waals surface area (Å²) in [5, 5.41) is 7.95. The molecular weight excluding hydrogens is 422 g/mol. The van der Waals surface area contributed by atoms with E-state index in [1.807, 2.05) is 18.2 Å². The summed E-state index contributed by atoms with van der Waals surface area (Å²) < 4.78 is 29.8. The molecule has 0 spiro atoms. The number of aromatic nitrogens is 3. The van der Waals surface area contributed by atoms with Crippen LogP contribution in [0.4, 0.5) is 11.9 Å². The Morgan fingerprint density at radius 3 is 2.25 bits per heavy atom. The average Bonchev–Trinajstić information content (AvgIpc) is 3.22. The standard InChI is InChI=1S/C24H23N5O2S/c1-17-12-14-19(15-13-17)22-16-21(18-8-4-2-5-9-18)25-24-26-23(27-29(22)24)28-32(30,31)20-10-6-3-7-11-20/h2-15,21-22H,16H2,1H3,(H2,25,26,27,28)/t21-,22-/m1/s1. The number of fused-ring (bicyclic) bond motifs is 1. The first kappa shape index (κ1) is 20.3. The SMILES string of the molecule is Cc1ccc([C@H]2C[C@H](c3ccccc3)Nc3nc(NS(=O)(=O)c4ccccc4)nn32)cc1. The smallest absolute Gasteiger partial charge is 0.264 e. The van der Waals surface area contributed by atoms with Crippen LogP contribution in [0.25, 0.3) is 0 Å². The topological polar surface area (TPSA) is 88.9 Å². The van der Waals surface area contributed by atoms with E-state index in [4.69, 9.17) is 0 Å². The van der Waals surface area contributed by atoms with Gasteiger partial charge in [-0.25, -0.2) is 17.8 Å². The van der Waals surface area contributed by atoms with Crippen molar-refractivity contribution in [3.05, 3.63) is 102 Å². The highest BCUT2D eigenvalue weighted by atomic mass is 32.2. The van der Waals surface area contributed by atoms with Crippen LogP contribution in [0.15, 0.2) is 89.8 Å². The van der Waals surface area contributed by atoms with Crippen LogP contribution >= 0.6 is 0 Å². The number of anilines is 2. The Morgan fingerprint density at radius 2 is 1.56 bits per heavy atom. The van der Waals surface area contributed by atoms with Gasteiger partial charge in [0.25, 0.3) is 16.0 Å². The molecule has 0 unspecified atom stereocenters. The number of aryl methyl sites for hydroxylation is 1. The van der Waals surface area contributed by atoms with Crippen molar-refractivity contribution in [3.63, 3.8) is 0 Å². The summed E-state index contributed by atoms with van der Waals surface area (Å²) in [6.45, 7) is 2.05. The van der Waals surface area contributed by atoms with Gasteiger partial charge in [0.1, 0.15) is 0 Å². The zero-order chi connectivity index (χ0) is 22.1. The zero-order valence-corrected chi connectivity index (χ0v) is 18.3. The first-order chi connectivity index (χ1) is 15.5. The van der Waals surface area contributed by atoms with Crippen molar-refractivity contribution in [2.45, 2.75) is 30.3 Å². The normalized spacial score (nSPS) is 17.9. The van der Waals surface area contributed by atoms with E-state index in [9.17, 15) is 8.42 Å². The molecule has 2 N–H and O–H groups in total. The molecule has 0 bridgehead atoms. The van der Waals surface area contributed by atoms with Crippen LogP contribution in [0.5, 0.6) is 0 Å². The summed E-state index contributed by atoms with van der Waals surface area (Å²) in [6.07, 6.45) is 0.758. The number of benzene rings is 3. The van der Waals surface area contributed by atoms with E-state index < -0.39 is 10.0 Å². The highest BCUT2D eigenvalue weighted by molar-refractivity contribution is 7.92. The lowest BCUT2D eigenvalue weighted by atomic mass is 9.93. The Balaban J connectivity index is 1.52. The molecule has 162 valence electrons. The third kappa shape index (κ3) is 3.97. The summed E-state index contributed by atoms with van der Waals surface area (Å²) in [4.78, 5) is 4.65. The lowest BCUT2D eigenvalue weighted by Gasteiger charge is -2.31. The molecule has 8 heteroatoms. The summed E-state index contributed by atoms with van der Waals surface area (Å²) in [5.74, 6) is 0.573. The van der Waals surface area contributed by atoms with Crippen LogP contribution in [0, 0.1) is 6.92 Å². The molecule has 0 radical (unpaired) electrons. The van der Waals surface area contributed by atoms with Crippen molar-refractivity contribution in [1.82, 2.24) is 14.8 Å². The number of hydrogen-bond acceptors (Lipinski definition) is 5. The Hall–Kier alpha value is -3.65. The third-order valence-corrected chi connectivity index (χ3v) is 6.98. The number of nitrogens with one attached hydrogen (secondary N) is 2. The van der Waals surface area contributed by atoms with Crippen molar-refractivity contribution in [2.24, 2.45) is 0 Å². The van der Waals surface area contributed by atoms with E-state index in [-0.39, 0.29) is 22.9 Å². The van der Waals surface area contributed by atoms with Gasteiger partial charge >= 0.3 is 0 Å². The van der Waals surface area contributed by atoms with Crippen LogP contribution in [0.2, 0.25) is 0 Å². The van der Waals surface area contributed by atoms with Gasteiger partial charge in [0.05, 0.1) is 17.0 Å². The van der Waals surface area contributed by atoms with Crippen molar-refractivity contribution in [3.8, 4) is 0 Å². The Morgan fingerprint density at radius 1 is 0.906 bits per heavy atom. The first-order valence-electron chi connectivity index (χ1n) is 10.4. The molecule has 2 heterocycles. The number of nitrogens with zero attached hydrogens (tertiary/aromatic N) is 3. The van der Waals surface area contributed by atoms with Gasteiger partial charge in [0.2, 0.25) is 5.95 Å². The second kappa shape index (κ2) is 8.12. The maximum absolute atomic E-state index is 12.8. The van der Waals surface area contributed by atoms with E-state index in [0.29, 0.717) is 5.95 Å². The van der Waals surface area contributed by atoms with E-state index in [1.54, 1.807) is 22.9 Å². The number of rotatable bonds is 5. The van der Waals surface area contributed by atoms with E-state index >= 15 is 0 Å². The van der Waals surface area contributed by atoms with Gasteiger partial charge in [0, 0.05) is 0 Å². The first-order valence-corrected chi connectivity index (χ1v) is 11.9. The second-order valence-electron chi connectivity index (χ2n) is 7.89. The van der Waals surface area contributed by atoms with Crippen LogP contribution in [-0.4, -0.2) is 23.2 Å². The average molecular weight is 446 g/mol. The molecule has 1 aliphatic heterocycles. The van der Waals surface area contributed by atoms with Crippen molar-refractivity contribution >= 4 is 21.9 Å². The van der Waals surface area contributed by atoms with Crippen molar-refractivity contribution in [1.29, 1.82) is 0 Å². The molecule has 3 aromatic carbocycles. The highest BCUT2D eigenvalue weighted by Gasteiger charge is 2.31. The molecule has 32 heavy (non-hydrogen) atoms. The zero-order valence-electron chi connectivity index (χ0n) is 17.5. The predicted octanol–water partition coefficient (Wildman–Crippen LogP) is 4.53. The molecule has 1 aromatic heterocycles. The number of sulfonamides is 1. The predicted molar refractivity (Wildman–Crippen MR) is 124 cm³/mol. The Labute approximate surface area is 187 Å². The quantitative estimate of drug-likeness (QED) is 0.471. The van der Waals surface area contributed by atoms with Gasteiger partial charge in [-0.15, -0.1) is 5.10 Å². The molecule has 0 saturated carbocycles. The van der Waals surface area contributed by atoms with Crippen LogP contribution in [0.3, 0.4) is 0 Å². The van der Waals surface area contributed by atoms with E-state index in [2.05, 4.69) is 63.4 Å². The Kier molecular flexibility index (Phi) is 5.14. The van der Waals surface area contributed by atoms with E-state index in [1.165, 1.54) is 17.7 Å². The van der Waals surface area contributed by atoms with Crippen molar-refractivity contribution in [2.75, 3.05) is 10.0 Å². The van der Waals surface area contributed by atoms with Crippen LogP contribution < -0.4 is 10.0 Å². The Bertz CT molecular complexity index is 1320. The van der Waals surface area contributed by atoms with Gasteiger partial charge in [-0.3, -0.25) is 0 Å². The molecule has 5 rings (SSSR count). The van der Waals surface area contributed by atoms with Gasteiger partial charge in [-0.05, 0) is 36.6 Å². The van der Waals surface area contributed by atoms with Crippen LogP contribution in [0.1, 0.15) is 35.2 Å². The fourth-order valence-electron chi connectivity index (χ4n) is 3.97. The lowest BCUT2D eigenvalue weighted by Crippen LogP contribution is -2.28. The molecule has 0 fully saturated rings. The van der Waals surface area contributed by atoms with Gasteiger partial charge in [0.15, 0.2) is 0 Å². The fourth-order valence-corrected chi connectivity index (χ4v) is 4.93. The molecule has 7 nitrogen and oxygen atoms in total. The third-order valence-electron chi connectivity index (χ3n) is 5.63. The lowest BCUT2D eigenvalue weighted by molar-refractivity contribution is 0.431. The molecule has 0 amide bonds. The monoisotopic (exact) mass is 445 g/mol. The maximum Gasteiger partial charge on any atom is 0.264 e. The molecule has 4 aromatic rings. The maximum atomic E-state index is 12.8. The van der Waals surface area contributed by atoms with Crippen LogP contribution in [-0.2, 0) is 10.0 Å². The summed E-state index contributed by atoms with van der Waals surface area (Å²) >= 11 is 0. The van der Waals surface area contributed by atoms with E-state index in [0.717, 1.165) is 17.5 Å². The number of hydrogen-bond donors (Lipinski definition) is 2. The molecule has 0 saturated heterocycles. The van der Waals surface area contributed by atoms with Gasteiger partial charge < -0.3 is 5.32 Å². The summed E-state index contributed by atoms with van der Waals surface area (Å²) in [7, 11) is -3.78. The minimum atomic E-state index is -3.78. The summed E-state index contributed by atoms with van der Waals surface area (Å²) in [6, 6.07) is 26.6. The minimum Gasteiger partial charge on any atom is -0.347 e. The van der Waals surface area contributed by atoms with Gasteiger partial charge in [-0.2, -0.15) is 4.98 Å². The molecule has 0 aliphatic carbocycles. The largest absolute Gasteiger partial charge is 0.347 e. The van der Waals surface area contributed by atoms with Crippen molar-refractivity contribution < 1.29 is 8.42 Å². The minimum absolute atomic E-state index is 0.0257. The fraction of sp³-hybridized carbons (Fsp3) is 0.167. The second-order valence-corrected chi connectivity index (χ2v) is 9.57. The molecular formula is C24H23N5O2S. The highest BCUT2D eigenvalue weighted by Crippen LogP contribution is 2.38. The van der Waals surface area contributed by atoms with Gasteiger partial charge in [-0.1, -0.05) is 78.4 Å². The molecule has 2 atom stereocenters.